The summed E-state index contributed by atoms with van der Waals surface area (Å²) in [5.41, 5.74) is 7.17. The monoisotopic (exact) mass is 265 g/mol. The Morgan fingerprint density at radius 2 is 1.94 bits per heavy atom. The molecule has 0 aromatic heterocycles. The second-order valence-electron chi connectivity index (χ2n) is 4.79. The summed E-state index contributed by atoms with van der Waals surface area (Å²) in [5, 5.41) is 0. The first-order chi connectivity index (χ1) is 8.49. The molecule has 0 aromatic rings. The standard InChI is InChI=1S/C13H22F3NO/c14-13(15,16)10-18-9-8-12(17)11-6-4-2-1-3-5-7-11/h6,12H,1-5,7-10,17H2. The van der Waals surface area contributed by atoms with E-state index < -0.39 is 12.8 Å². The van der Waals surface area contributed by atoms with Crippen LogP contribution in [0.3, 0.4) is 0 Å². The number of rotatable bonds is 5. The molecule has 0 aromatic carbocycles. The second-order valence-corrected chi connectivity index (χ2v) is 4.79. The SMILES string of the molecule is NC(CCOCC(F)(F)F)C1=CCCCCCC1. The van der Waals surface area contributed by atoms with Gasteiger partial charge in [-0.25, -0.2) is 0 Å². The fraction of sp³-hybridized carbons (Fsp3) is 0.846. The van der Waals surface area contributed by atoms with Gasteiger partial charge in [0.15, 0.2) is 0 Å². The summed E-state index contributed by atoms with van der Waals surface area (Å²) in [6.45, 7) is -1.11. The Morgan fingerprint density at radius 3 is 2.67 bits per heavy atom. The van der Waals surface area contributed by atoms with Crippen molar-refractivity contribution in [2.75, 3.05) is 13.2 Å². The first-order valence-electron chi connectivity index (χ1n) is 6.58. The number of allylic oxidation sites excluding steroid dienone is 1. The highest BCUT2D eigenvalue weighted by Gasteiger charge is 2.27. The third kappa shape index (κ3) is 7.01. The van der Waals surface area contributed by atoms with Crippen LogP contribution in [0.4, 0.5) is 13.2 Å². The average molecular weight is 265 g/mol. The summed E-state index contributed by atoms with van der Waals surface area (Å²) >= 11 is 0. The molecule has 2 N–H and O–H groups in total. The lowest BCUT2D eigenvalue weighted by Gasteiger charge is -2.18. The van der Waals surface area contributed by atoms with E-state index in [1.54, 1.807) is 0 Å². The summed E-state index contributed by atoms with van der Waals surface area (Å²) < 4.78 is 40.2. The predicted octanol–water partition coefficient (Wildman–Crippen LogP) is 3.56. The zero-order valence-electron chi connectivity index (χ0n) is 10.6. The molecule has 0 radical (unpaired) electrons. The topological polar surface area (TPSA) is 35.2 Å². The molecule has 0 heterocycles. The van der Waals surface area contributed by atoms with E-state index in [-0.39, 0.29) is 12.6 Å². The molecule has 1 atom stereocenters. The summed E-state index contributed by atoms with van der Waals surface area (Å²) in [4.78, 5) is 0. The zero-order chi connectivity index (χ0) is 13.4. The Bertz CT molecular complexity index is 263. The first kappa shape index (κ1) is 15.5. The van der Waals surface area contributed by atoms with Crippen molar-refractivity contribution < 1.29 is 17.9 Å². The van der Waals surface area contributed by atoms with Gasteiger partial charge in [-0.15, -0.1) is 0 Å². The third-order valence-electron chi connectivity index (χ3n) is 3.14. The predicted molar refractivity (Wildman–Crippen MR) is 65.3 cm³/mol. The highest BCUT2D eigenvalue weighted by molar-refractivity contribution is 5.10. The van der Waals surface area contributed by atoms with Crippen LogP contribution >= 0.6 is 0 Å². The number of nitrogens with two attached hydrogens (primary N) is 1. The molecule has 1 aliphatic carbocycles. The highest BCUT2D eigenvalue weighted by Crippen LogP contribution is 2.20. The average Bonchev–Trinajstić information content (AvgIpc) is 2.22. The summed E-state index contributed by atoms with van der Waals surface area (Å²) in [5.74, 6) is 0. The van der Waals surface area contributed by atoms with Gasteiger partial charge in [0.2, 0.25) is 0 Å². The largest absolute Gasteiger partial charge is 0.411 e. The van der Waals surface area contributed by atoms with Gasteiger partial charge < -0.3 is 10.5 Å². The Morgan fingerprint density at radius 1 is 1.22 bits per heavy atom. The molecular formula is C13H22F3NO. The number of hydrogen-bond acceptors (Lipinski definition) is 2. The number of alkyl halides is 3. The first-order valence-corrected chi connectivity index (χ1v) is 6.58. The Labute approximate surface area is 106 Å². The van der Waals surface area contributed by atoms with Gasteiger partial charge in [0.1, 0.15) is 6.61 Å². The fourth-order valence-electron chi connectivity index (χ4n) is 2.14. The zero-order valence-corrected chi connectivity index (χ0v) is 10.6. The van der Waals surface area contributed by atoms with Gasteiger partial charge in [0.05, 0.1) is 0 Å². The number of halogens is 3. The lowest BCUT2D eigenvalue weighted by atomic mass is 9.94. The molecule has 0 fully saturated rings. The Balaban J connectivity index is 2.24. The minimum absolute atomic E-state index is 0.0675. The molecule has 0 spiro atoms. The van der Waals surface area contributed by atoms with Crippen molar-refractivity contribution in [1.82, 2.24) is 0 Å². The van der Waals surface area contributed by atoms with Gasteiger partial charge in [0, 0.05) is 12.6 Å². The van der Waals surface area contributed by atoms with Crippen LogP contribution in [0.15, 0.2) is 11.6 Å². The maximum atomic E-state index is 11.9. The number of hydrogen-bond donors (Lipinski definition) is 1. The molecule has 106 valence electrons. The van der Waals surface area contributed by atoms with Crippen LogP contribution in [-0.2, 0) is 4.74 Å². The quantitative estimate of drug-likeness (QED) is 0.609. The molecule has 0 saturated heterocycles. The van der Waals surface area contributed by atoms with Crippen LogP contribution in [0.1, 0.15) is 44.9 Å². The van der Waals surface area contributed by atoms with Crippen LogP contribution in [-0.4, -0.2) is 25.4 Å². The molecule has 0 amide bonds. The van der Waals surface area contributed by atoms with Gasteiger partial charge in [0.25, 0.3) is 0 Å². The molecule has 2 nitrogen and oxygen atoms in total. The summed E-state index contributed by atoms with van der Waals surface area (Å²) in [6.07, 6.45) is 5.16. The van der Waals surface area contributed by atoms with E-state index in [1.807, 2.05) is 0 Å². The van der Waals surface area contributed by atoms with E-state index in [0.717, 1.165) is 19.3 Å². The molecule has 0 aliphatic heterocycles. The van der Waals surface area contributed by atoms with E-state index in [1.165, 1.54) is 24.8 Å². The Hall–Kier alpha value is -0.550. The lowest BCUT2D eigenvalue weighted by molar-refractivity contribution is -0.174. The van der Waals surface area contributed by atoms with Crippen LogP contribution in [0, 0.1) is 0 Å². The molecular weight excluding hydrogens is 243 g/mol. The Kier molecular flexibility index (Phi) is 6.71. The molecule has 1 aliphatic rings. The second kappa shape index (κ2) is 7.79. The molecule has 1 rings (SSSR count). The van der Waals surface area contributed by atoms with Crippen molar-refractivity contribution in [3.63, 3.8) is 0 Å². The minimum atomic E-state index is -4.25. The van der Waals surface area contributed by atoms with E-state index >= 15 is 0 Å². The fourth-order valence-corrected chi connectivity index (χ4v) is 2.14. The molecule has 1 unspecified atom stereocenters. The van der Waals surface area contributed by atoms with Crippen LogP contribution in [0.5, 0.6) is 0 Å². The van der Waals surface area contributed by atoms with E-state index in [2.05, 4.69) is 10.8 Å². The lowest BCUT2D eigenvalue weighted by Crippen LogP contribution is -2.26. The third-order valence-corrected chi connectivity index (χ3v) is 3.14. The van der Waals surface area contributed by atoms with Crippen molar-refractivity contribution in [3.8, 4) is 0 Å². The summed E-state index contributed by atoms with van der Waals surface area (Å²) in [7, 11) is 0. The smallest absolute Gasteiger partial charge is 0.372 e. The maximum Gasteiger partial charge on any atom is 0.411 e. The van der Waals surface area contributed by atoms with E-state index in [0.29, 0.717) is 6.42 Å². The number of ether oxygens (including phenoxy) is 1. The van der Waals surface area contributed by atoms with Gasteiger partial charge >= 0.3 is 6.18 Å². The van der Waals surface area contributed by atoms with Crippen LogP contribution in [0.2, 0.25) is 0 Å². The normalized spacial score (nSPS) is 19.9. The van der Waals surface area contributed by atoms with Crippen molar-refractivity contribution in [2.45, 2.75) is 57.2 Å². The van der Waals surface area contributed by atoms with Crippen LogP contribution in [0.25, 0.3) is 0 Å². The molecule has 18 heavy (non-hydrogen) atoms. The van der Waals surface area contributed by atoms with Crippen molar-refractivity contribution in [3.05, 3.63) is 11.6 Å². The van der Waals surface area contributed by atoms with E-state index in [4.69, 9.17) is 5.73 Å². The summed E-state index contributed by atoms with van der Waals surface area (Å²) in [6, 6.07) is -0.156. The van der Waals surface area contributed by atoms with Crippen molar-refractivity contribution in [2.24, 2.45) is 5.73 Å². The molecule has 0 saturated carbocycles. The van der Waals surface area contributed by atoms with Gasteiger partial charge in [-0.1, -0.05) is 24.5 Å². The van der Waals surface area contributed by atoms with Gasteiger partial charge in [-0.05, 0) is 32.1 Å². The van der Waals surface area contributed by atoms with Crippen LogP contribution < -0.4 is 5.73 Å². The van der Waals surface area contributed by atoms with Crippen molar-refractivity contribution >= 4 is 0 Å². The highest BCUT2D eigenvalue weighted by atomic mass is 19.4. The maximum absolute atomic E-state index is 11.9. The molecule has 0 bridgehead atoms. The molecule has 5 heteroatoms. The van der Waals surface area contributed by atoms with Crippen molar-refractivity contribution in [1.29, 1.82) is 0 Å². The minimum Gasteiger partial charge on any atom is -0.372 e. The van der Waals surface area contributed by atoms with Gasteiger partial charge in [-0.2, -0.15) is 13.2 Å². The van der Waals surface area contributed by atoms with E-state index in [9.17, 15) is 13.2 Å². The van der Waals surface area contributed by atoms with Gasteiger partial charge in [-0.3, -0.25) is 0 Å².